The molecule has 1 N–H and O–H groups in total. The zero-order chi connectivity index (χ0) is 20.8. The lowest BCUT2D eigenvalue weighted by Gasteiger charge is -2.11. The summed E-state index contributed by atoms with van der Waals surface area (Å²) in [5, 5.41) is 6.74. The van der Waals surface area contributed by atoms with E-state index in [-0.39, 0.29) is 5.91 Å². The average Bonchev–Trinajstić information content (AvgIpc) is 3.02. The van der Waals surface area contributed by atoms with Crippen molar-refractivity contribution in [2.24, 2.45) is 0 Å². The van der Waals surface area contributed by atoms with Crippen molar-refractivity contribution in [2.75, 3.05) is 12.4 Å². The Bertz CT molecular complexity index is 1020. The Hall–Kier alpha value is -3.06. The molecule has 0 spiro atoms. The quantitative estimate of drug-likeness (QED) is 0.488. The van der Waals surface area contributed by atoms with Gasteiger partial charge in [0.15, 0.2) is 11.5 Å². The summed E-state index contributed by atoms with van der Waals surface area (Å²) in [6.45, 7) is 4.06. The lowest BCUT2D eigenvalue weighted by Crippen LogP contribution is -2.07. The first-order valence-corrected chi connectivity index (χ1v) is 9.73. The fraction of sp³-hybridized carbons (Fsp3) is 0.182. The fourth-order valence-electron chi connectivity index (χ4n) is 2.69. The number of hydrogen-bond donors (Lipinski definition) is 1. The molecule has 150 valence electrons. The third kappa shape index (κ3) is 5.48. The van der Waals surface area contributed by atoms with Crippen molar-refractivity contribution in [3.8, 4) is 11.5 Å². The van der Waals surface area contributed by atoms with Crippen molar-refractivity contribution in [3.05, 3.63) is 75.6 Å². The van der Waals surface area contributed by atoms with Gasteiger partial charge in [0, 0.05) is 16.2 Å². The van der Waals surface area contributed by atoms with Crippen LogP contribution in [-0.2, 0) is 11.4 Å². The molecule has 6 nitrogen and oxygen atoms in total. The van der Waals surface area contributed by atoms with Crippen LogP contribution < -0.4 is 14.8 Å². The van der Waals surface area contributed by atoms with Gasteiger partial charge in [0.25, 0.3) is 0 Å². The summed E-state index contributed by atoms with van der Waals surface area (Å²) in [4.78, 5) is 12.1. The molecule has 0 radical (unpaired) electrons. The van der Waals surface area contributed by atoms with E-state index < -0.39 is 0 Å². The minimum absolute atomic E-state index is 0.221. The summed E-state index contributed by atoms with van der Waals surface area (Å²) in [5.41, 5.74) is 3.25. The second-order valence-corrected chi connectivity index (χ2v) is 7.25. The fourth-order valence-corrected chi connectivity index (χ4v) is 3.09. The summed E-state index contributed by atoms with van der Waals surface area (Å²) >= 11 is 3.38. The summed E-state index contributed by atoms with van der Waals surface area (Å²) in [6.07, 6.45) is 3.19. The number of anilines is 1. The second kappa shape index (κ2) is 9.43. The SMILES string of the molecule is COc1cc(/C=C/C(=O)Nc2cccc(Br)c2)ccc1OCc1c(C)noc1C. The largest absolute Gasteiger partial charge is 0.493 e. The molecule has 3 rings (SSSR count). The molecule has 0 saturated carbocycles. The van der Waals surface area contributed by atoms with E-state index in [4.69, 9.17) is 14.0 Å². The van der Waals surface area contributed by atoms with E-state index in [1.165, 1.54) is 6.08 Å². The number of carbonyl (C=O) groups is 1. The van der Waals surface area contributed by atoms with Gasteiger partial charge in [-0.25, -0.2) is 0 Å². The first-order valence-electron chi connectivity index (χ1n) is 8.93. The molecular formula is C22H21BrN2O4. The first-order chi connectivity index (χ1) is 14.0. The van der Waals surface area contributed by atoms with Crippen LogP contribution in [0.2, 0.25) is 0 Å². The maximum absolute atomic E-state index is 12.1. The number of rotatable bonds is 7. The maximum Gasteiger partial charge on any atom is 0.248 e. The standard InChI is InChI=1S/C22H21BrN2O4/c1-14-19(15(2)29-25-14)13-28-20-9-7-16(11-21(20)27-3)8-10-22(26)24-18-6-4-5-17(23)12-18/h4-12H,13H2,1-3H3,(H,24,26)/b10-8+. The molecule has 0 aliphatic carbocycles. The monoisotopic (exact) mass is 456 g/mol. The van der Waals surface area contributed by atoms with Gasteiger partial charge in [0.2, 0.25) is 5.91 Å². The molecule has 1 amide bonds. The normalized spacial score (nSPS) is 10.9. The number of ether oxygens (including phenoxy) is 2. The molecule has 0 atom stereocenters. The highest BCUT2D eigenvalue weighted by Gasteiger charge is 2.12. The third-order valence-corrected chi connectivity index (χ3v) is 4.75. The summed E-state index contributed by atoms with van der Waals surface area (Å²) in [6, 6.07) is 12.9. The van der Waals surface area contributed by atoms with Crippen molar-refractivity contribution in [1.29, 1.82) is 0 Å². The van der Waals surface area contributed by atoms with Crippen LogP contribution in [-0.4, -0.2) is 18.2 Å². The van der Waals surface area contributed by atoms with Crippen LogP contribution in [0.25, 0.3) is 6.08 Å². The van der Waals surface area contributed by atoms with Crippen LogP contribution in [0.1, 0.15) is 22.6 Å². The van der Waals surface area contributed by atoms with Crippen molar-refractivity contribution >= 4 is 33.6 Å². The van der Waals surface area contributed by atoms with Gasteiger partial charge >= 0.3 is 0 Å². The van der Waals surface area contributed by atoms with Crippen molar-refractivity contribution in [1.82, 2.24) is 5.16 Å². The first kappa shape index (κ1) is 20.7. The molecule has 7 heteroatoms. The minimum atomic E-state index is -0.221. The molecular weight excluding hydrogens is 436 g/mol. The van der Waals surface area contributed by atoms with Gasteiger partial charge in [-0.2, -0.15) is 0 Å². The van der Waals surface area contributed by atoms with Crippen LogP contribution in [0.15, 0.2) is 57.5 Å². The van der Waals surface area contributed by atoms with Crippen LogP contribution in [0.4, 0.5) is 5.69 Å². The summed E-state index contributed by atoms with van der Waals surface area (Å²) < 4.78 is 17.4. The number of benzene rings is 2. The van der Waals surface area contributed by atoms with Crippen molar-refractivity contribution < 1.29 is 18.8 Å². The number of halogens is 1. The smallest absolute Gasteiger partial charge is 0.248 e. The second-order valence-electron chi connectivity index (χ2n) is 6.33. The van der Waals surface area contributed by atoms with Gasteiger partial charge < -0.3 is 19.3 Å². The zero-order valence-corrected chi connectivity index (χ0v) is 17.9. The number of hydrogen-bond acceptors (Lipinski definition) is 5. The minimum Gasteiger partial charge on any atom is -0.493 e. The highest BCUT2D eigenvalue weighted by atomic mass is 79.9. The summed E-state index contributed by atoms with van der Waals surface area (Å²) in [7, 11) is 1.57. The third-order valence-electron chi connectivity index (χ3n) is 4.26. The molecule has 1 aromatic heterocycles. The Morgan fingerprint density at radius 1 is 1.21 bits per heavy atom. The van der Waals surface area contributed by atoms with E-state index in [2.05, 4.69) is 26.4 Å². The highest BCUT2D eigenvalue weighted by Crippen LogP contribution is 2.30. The molecule has 0 fully saturated rings. The van der Waals surface area contributed by atoms with E-state index in [9.17, 15) is 4.79 Å². The van der Waals surface area contributed by atoms with Crippen molar-refractivity contribution in [2.45, 2.75) is 20.5 Å². The lowest BCUT2D eigenvalue weighted by molar-refractivity contribution is -0.111. The molecule has 0 aliphatic rings. The van der Waals surface area contributed by atoms with Crippen molar-refractivity contribution in [3.63, 3.8) is 0 Å². The van der Waals surface area contributed by atoms with Gasteiger partial charge in [-0.05, 0) is 55.8 Å². The lowest BCUT2D eigenvalue weighted by atomic mass is 10.2. The number of nitrogens with one attached hydrogen (secondary N) is 1. The molecule has 0 saturated heterocycles. The molecule has 29 heavy (non-hydrogen) atoms. The Morgan fingerprint density at radius 2 is 2.03 bits per heavy atom. The Balaban J connectivity index is 1.66. The van der Waals surface area contributed by atoms with Gasteiger partial charge in [-0.15, -0.1) is 0 Å². The molecule has 0 unspecified atom stereocenters. The maximum atomic E-state index is 12.1. The molecule has 0 aliphatic heterocycles. The number of carbonyl (C=O) groups excluding carboxylic acids is 1. The van der Waals surface area contributed by atoms with Gasteiger partial charge in [0.1, 0.15) is 12.4 Å². The van der Waals surface area contributed by atoms with E-state index in [0.29, 0.717) is 18.1 Å². The predicted molar refractivity (Wildman–Crippen MR) is 115 cm³/mol. The number of methoxy groups -OCH3 is 1. The summed E-state index contributed by atoms with van der Waals surface area (Å²) in [5.74, 6) is 1.69. The topological polar surface area (TPSA) is 73.6 Å². The molecule has 3 aromatic rings. The van der Waals surface area contributed by atoms with Crippen LogP contribution >= 0.6 is 15.9 Å². The Morgan fingerprint density at radius 3 is 2.72 bits per heavy atom. The number of aryl methyl sites for hydroxylation is 2. The Labute approximate surface area is 177 Å². The zero-order valence-electron chi connectivity index (χ0n) is 16.4. The van der Waals surface area contributed by atoms with Gasteiger partial charge in [-0.1, -0.05) is 33.2 Å². The van der Waals surface area contributed by atoms with Crippen LogP contribution in [0.3, 0.4) is 0 Å². The molecule has 2 aromatic carbocycles. The highest BCUT2D eigenvalue weighted by molar-refractivity contribution is 9.10. The average molecular weight is 457 g/mol. The van der Waals surface area contributed by atoms with E-state index in [0.717, 1.165) is 32.7 Å². The molecule has 1 heterocycles. The number of amides is 1. The predicted octanol–water partition coefficient (Wildman–Crippen LogP) is 5.29. The number of aromatic nitrogens is 1. The molecule has 0 bridgehead atoms. The van der Waals surface area contributed by atoms with Gasteiger partial charge in [-0.3, -0.25) is 4.79 Å². The van der Waals surface area contributed by atoms with Gasteiger partial charge in [0.05, 0.1) is 18.4 Å². The van der Waals surface area contributed by atoms with E-state index >= 15 is 0 Å². The van der Waals surface area contributed by atoms with E-state index in [1.54, 1.807) is 13.2 Å². The van der Waals surface area contributed by atoms with E-state index in [1.807, 2.05) is 56.3 Å². The Kier molecular flexibility index (Phi) is 6.72. The number of nitrogens with zero attached hydrogens (tertiary/aromatic N) is 1. The van der Waals surface area contributed by atoms with Crippen LogP contribution in [0.5, 0.6) is 11.5 Å². The van der Waals surface area contributed by atoms with Crippen LogP contribution in [0, 0.1) is 13.8 Å².